The lowest BCUT2D eigenvalue weighted by Gasteiger charge is -2.43. The van der Waals surface area contributed by atoms with E-state index in [2.05, 4.69) is 4.98 Å². The van der Waals surface area contributed by atoms with Crippen molar-refractivity contribution in [1.29, 1.82) is 5.26 Å². The van der Waals surface area contributed by atoms with E-state index in [0.29, 0.717) is 43.1 Å². The van der Waals surface area contributed by atoms with Gasteiger partial charge in [0.2, 0.25) is 11.8 Å². The van der Waals surface area contributed by atoms with Gasteiger partial charge >= 0.3 is 5.97 Å². The van der Waals surface area contributed by atoms with E-state index >= 15 is 0 Å². The lowest BCUT2D eigenvalue weighted by molar-refractivity contribution is -0.166. The first-order chi connectivity index (χ1) is 17.0. The molecule has 0 bridgehead atoms. The van der Waals surface area contributed by atoms with Gasteiger partial charge in [-0.1, -0.05) is 18.9 Å². The molecule has 2 aliphatic carbocycles. The van der Waals surface area contributed by atoms with Crippen molar-refractivity contribution in [3.8, 4) is 6.07 Å². The number of carboxylic acids is 1. The van der Waals surface area contributed by atoms with Crippen molar-refractivity contribution in [3.63, 3.8) is 0 Å². The summed E-state index contributed by atoms with van der Waals surface area (Å²) >= 11 is 0. The van der Waals surface area contributed by atoms with Crippen molar-refractivity contribution in [2.24, 2.45) is 28.4 Å². The van der Waals surface area contributed by atoms with E-state index in [4.69, 9.17) is 5.73 Å². The largest absolute Gasteiger partial charge is 0.481 e. The Hall–Kier alpha value is -3.39. The number of amides is 2. The van der Waals surface area contributed by atoms with Crippen LogP contribution in [0, 0.1) is 34.0 Å². The number of aromatic amines is 1. The number of benzene rings is 1. The van der Waals surface area contributed by atoms with E-state index in [1.165, 1.54) is 0 Å². The fourth-order valence-electron chi connectivity index (χ4n) is 6.66. The number of carbonyl (C=O) groups excluding carboxylic acids is 2. The molecule has 4 atom stereocenters. The molecule has 2 saturated carbocycles. The second-order valence-corrected chi connectivity index (χ2v) is 12.4. The molecule has 11 heteroatoms. The summed E-state index contributed by atoms with van der Waals surface area (Å²) < 4.78 is 24.9. The first-order valence-corrected chi connectivity index (χ1v) is 13.9. The minimum Gasteiger partial charge on any atom is -0.481 e. The first-order valence-electron chi connectivity index (χ1n) is 12.0. The SMILES string of the molecule is CS(=O)(=O)c1cccc2[nH]c3c(c12)CN(C(=O)[C@@H]1CCCC[C@@]1(C(=O)O)C1CC1(C#N)C(N)=O)CC3. The van der Waals surface area contributed by atoms with Gasteiger partial charge in [-0.2, -0.15) is 5.26 Å². The van der Waals surface area contributed by atoms with Crippen LogP contribution in [0.4, 0.5) is 0 Å². The molecule has 190 valence electrons. The second-order valence-electron chi connectivity index (χ2n) is 10.4. The van der Waals surface area contributed by atoms with Gasteiger partial charge in [0.1, 0.15) is 5.41 Å². The number of sulfone groups is 1. The molecule has 3 aliphatic rings. The Morgan fingerprint density at radius 1 is 1.28 bits per heavy atom. The van der Waals surface area contributed by atoms with E-state index in [9.17, 15) is 33.2 Å². The molecule has 1 aromatic heterocycles. The van der Waals surface area contributed by atoms with Crippen LogP contribution in [0.15, 0.2) is 23.1 Å². The summed E-state index contributed by atoms with van der Waals surface area (Å²) in [6.07, 6.45) is 3.44. The molecule has 1 aliphatic heterocycles. The monoisotopic (exact) mass is 512 g/mol. The quantitative estimate of drug-likeness (QED) is 0.546. The van der Waals surface area contributed by atoms with Gasteiger partial charge < -0.3 is 20.7 Å². The number of nitriles is 1. The van der Waals surface area contributed by atoms with Gasteiger partial charge in [0.15, 0.2) is 9.84 Å². The number of hydrogen-bond acceptors (Lipinski definition) is 6. The number of primary amides is 1. The summed E-state index contributed by atoms with van der Waals surface area (Å²) in [5, 5.41) is 20.7. The number of aliphatic carboxylic acids is 1. The number of fused-ring (bicyclic) bond motifs is 3. The van der Waals surface area contributed by atoms with Gasteiger partial charge in [-0.05, 0) is 31.4 Å². The van der Waals surface area contributed by atoms with Gasteiger partial charge in [-0.3, -0.25) is 14.4 Å². The third kappa shape index (κ3) is 3.34. The Bertz CT molecular complexity index is 1460. The van der Waals surface area contributed by atoms with Gasteiger partial charge in [-0.15, -0.1) is 0 Å². The minimum absolute atomic E-state index is 0.0409. The lowest BCUT2D eigenvalue weighted by atomic mass is 9.61. The Balaban J connectivity index is 1.53. The van der Waals surface area contributed by atoms with E-state index in [1.54, 1.807) is 23.1 Å². The predicted molar refractivity (Wildman–Crippen MR) is 128 cm³/mol. The molecule has 0 spiro atoms. The number of carbonyl (C=O) groups is 3. The molecule has 0 radical (unpaired) electrons. The Labute approximate surface area is 208 Å². The highest BCUT2D eigenvalue weighted by Crippen LogP contribution is 2.66. The zero-order chi connectivity index (χ0) is 26.0. The number of nitrogens with two attached hydrogens (primary N) is 1. The fourth-order valence-corrected chi connectivity index (χ4v) is 7.59. The third-order valence-electron chi connectivity index (χ3n) is 8.54. The molecule has 2 unspecified atom stereocenters. The third-order valence-corrected chi connectivity index (χ3v) is 9.68. The average Bonchev–Trinajstić information content (AvgIpc) is 3.49. The average molecular weight is 513 g/mol. The molecule has 2 fully saturated rings. The highest BCUT2D eigenvalue weighted by atomic mass is 32.2. The van der Waals surface area contributed by atoms with Crippen molar-refractivity contribution >= 4 is 38.5 Å². The van der Waals surface area contributed by atoms with Crippen molar-refractivity contribution in [2.75, 3.05) is 12.8 Å². The van der Waals surface area contributed by atoms with Crippen molar-refractivity contribution < 1.29 is 27.9 Å². The molecule has 2 heterocycles. The van der Waals surface area contributed by atoms with E-state index in [0.717, 1.165) is 17.5 Å². The smallest absolute Gasteiger partial charge is 0.310 e. The predicted octanol–water partition coefficient (Wildman–Crippen LogP) is 1.73. The zero-order valence-corrected chi connectivity index (χ0v) is 20.7. The topological polar surface area (TPSA) is 174 Å². The lowest BCUT2D eigenvalue weighted by Crippen LogP contribution is -2.53. The maximum atomic E-state index is 14.0. The highest BCUT2D eigenvalue weighted by molar-refractivity contribution is 7.91. The first kappa shape index (κ1) is 24.3. The maximum absolute atomic E-state index is 14.0. The molecular weight excluding hydrogens is 484 g/mol. The van der Waals surface area contributed by atoms with Crippen LogP contribution in [0.3, 0.4) is 0 Å². The fraction of sp³-hybridized carbons (Fsp3) is 0.520. The van der Waals surface area contributed by atoms with Crippen LogP contribution in [-0.4, -0.2) is 54.0 Å². The number of hydrogen-bond donors (Lipinski definition) is 3. The normalized spacial score (nSPS) is 29.8. The summed E-state index contributed by atoms with van der Waals surface area (Å²) in [5.41, 5.74) is 4.65. The molecule has 2 amide bonds. The molecule has 10 nitrogen and oxygen atoms in total. The van der Waals surface area contributed by atoms with Gasteiger partial charge in [0, 0.05) is 53.8 Å². The number of rotatable bonds is 5. The van der Waals surface area contributed by atoms with Crippen molar-refractivity contribution in [3.05, 3.63) is 29.5 Å². The number of nitrogens with one attached hydrogen (secondary N) is 1. The highest BCUT2D eigenvalue weighted by Gasteiger charge is 2.73. The molecule has 2 aromatic rings. The summed E-state index contributed by atoms with van der Waals surface area (Å²) in [7, 11) is -3.52. The number of nitrogens with zero attached hydrogens (tertiary/aromatic N) is 2. The van der Waals surface area contributed by atoms with Crippen LogP contribution in [-0.2, 0) is 37.2 Å². The van der Waals surface area contributed by atoms with Crippen LogP contribution in [0.5, 0.6) is 0 Å². The maximum Gasteiger partial charge on any atom is 0.310 e. The number of carboxylic acid groups (broad SMARTS) is 1. The van der Waals surface area contributed by atoms with Gasteiger partial charge in [-0.25, -0.2) is 8.42 Å². The standard InChI is InChI=1S/C25H28N4O6S/c1-36(34,35)18-7-4-6-17-20(18)14-12-29(10-8-16(14)28-17)21(30)15-5-2-3-9-25(15,23(32)33)19-11-24(19,13-26)22(27)31/h4,6-7,15,19,28H,2-3,5,8-12H2,1H3,(H2,27,31)(H,32,33)/t15-,19?,24?,25-/m0/s1. The Morgan fingerprint density at radius 3 is 2.64 bits per heavy atom. The Morgan fingerprint density at radius 2 is 2.03 bits per heavy atom. The Kier molecular flexibility index (Phi) is 5.44. The number of aromatic nitrogens is 1. The van der Waals surface area contributed by atoms with Crippen LogP contribution in [0.1, 0.15) is 43.4 Å². The minimum atomic E-state index is -3.52. The summed E-state index contributed by atoms with van der Waals surface area (Å²) in [5.74, 6) is -4.07. The van der Waals surface area contributed by atoms with Crippen LogP contribution >= 0.6 is 0 Å². The van der Waals surface area contributed by atoms with Gasteiger partial charge in [0.05, 0.1) is 22.3 Å². The van der Waals surface area contributed by atoms with Crippen LogP contribution < -0.4 is 5.73 Å². The van der Waals surface area contributed by atoms with Crippen molar-refractivity contribution in [2.45, 2.75) is 50.0 Å². The summed E-state index contributed by atoms with van der Waals surface area (Å²) in [4.78, 5) is 43.9. The van der Waals surface area contributed by atoms with E-state index < -0.39 is 44.4 Å². The zero-order valence-electron chi connectivity index (χ0n) is 19.9. The molecular formula is C25H28N4O6S. The second kappa shape index (κ2) is 8.06. The molecule has 1 aromatic carbocycles. The molecule has 36 heavy (non-hydrogen) atoms. The molecule has 5 rings (SSSR count). The molecule has 0 saturated heterocycles. The van der Waals surface area contributed by atoms with Crippen LogP contribution in [0.25, 0.3) is 10.9 Å². The summed E-state index contributed by atoms with van der Waals surface area (Å²) in [6, 6.07) is 6.95. The van der Waals surface area contributed by atoms with Crippen molar-refractivity contribution in [1.82, 2.24) is 9.88 Å². The van der Waals surface area contributed by atoms with Crippen LogP contribution in [0.2, 0.25) is 0 Å². The molecule has 4 N–H and O–H groups in total. The van der Waals surface area contributed by atoms with E-state index in [-0.39, 0.29) is 30.2 Å². The summed E-state index contributed by atoms with van der Waals surface area (Å²) in [6.45, 7) is 0.500. The van der Waals surface area contributed by atoms with Gasteiger partial charge in [0.25, 0.3) is 0 Å². The van der Waals surface area contributed by atoms with E-state index in [1.807, 2.05) is 6.07 Å². The number of H-pyrrole nitrogens is 1.